The van der Waals surface area contributed by atoms with Gasteiger partial charge in [-0.3, -0.25) is 4.90 Å². The number of fused-ring (bicyclic) bond motifs is 3. The van der Waals surface area contributed by atoms with Crippen LogP contribution in [0, 0.1) is 5.92 Å². The summed E-state index contributed by atoms with van der Waals surface area (Å²) in [7, 11) is 0. The number of rotatable bonds is 4. The van der Waals surface area contributed by atoms with E-state index >= 15 is 0 Å². The molecule has 4 heterocycles. The van der Waals surface area contributed by atoms with Gasteiger partial charge in [0.25, 0.3) is 0 Å². The zero-order valence-electron chi connectivity index (χ0n) is 15.2. The van der Waals surface area contributed by atoms with Crippen molar-refractivity contribution in [3.05, 3.63) is 40.9 Å². The SMILES string of the molecule is C[C@H]1[C@H](N2C=C(C(=O)O)SC2c2ccc(OC(F)(F)F)cc2)C2CCN1CC2. The molecule has 1 unspecified atom stereocenters. The van der Waals surface area contributed by atoms with Crippen LogP contribution in [0.15, 0.2) is 35.4 Å². The Bertz CT molecular complexity index is 774. The van der Waals surface area contributed by atoms with E-state index in [1.54, 1.807) is 18.3 Å². The van der Waals surface area contributed by atoms with Gasteiger partial charge in [-0.2, -0.15) is 0 Å². The molecule has 152 valence electrons. The molecule has 9 heteroatoms. The molecular formula is C19H21F3N2O3S. The number of thioether (sulfide) groups is 1. The second kappa shape index (κ2) is 7.18. The van der Waals surface area contributed by atoms with Crippen LogP contribution in [-0.2, 0) is 4.79 Å². The van der Waals surface area contributed by atoms with Crippen molar-refractivity contribution in [1.82, 2.24) is 9.80 Å². The molecule has 0 saturated carbocycles. The highest BCUT2D eigenvalue weighted by Crippen LogP contribution is 2.49. The van der Waals surface area contributed by atoms with Gasteiger partial charge in [0, 0.05) is 18.3 Å². The van der Waals surface area contributed by atoms with Gasteiger partial charge >= 0.3 is 12.3 Å². The number of aliphatic carboxylic acids is 1. The Morgan fingerprint density at radius 3 is 2.39 bits per heavy atom. The molecule has 1 aromatic carbocycles. The maximum absolute atomic E-state index is 12.4. The summed E-state index contributed by atoms with van der Waals surface area (Å²) in [6.45, 7) is 4.30. The van der Waals surface area contributed by atoms with Crippen LogP contribution >= 0.6 is 11.8 Å². The molecular weight excluding hydrogens is 393 g/mol. The Labute approximate surface area is 165 Å². The van der Waals surface area contributed by atoms with Gasteiger partial charge in [-0.15, -0.1) is 13.2 Å². The number of nitrogens with zero attached hydrogens (tertiary/aromatic N) is 2. The Kier molecular flexibility index (Phi) is 4.99. The number of alkyl halides is 3. The molecule has 5 nitrogen and oxygen atoms in total. The van der Waals surface area contributed by atoms with Crippen LogP contribution in [0.2, 0.25) is 0 Å². The molecule has 0 spiro atoms. The van der Waals surface area contributed by atoms with Gasteiger partial charge in [-0.05, 0) is 56.5 Å². The van der Waals surface area contributed by atoms with E-state index in [9.17, 15) is 23.1 Å². The van der Waals surface area contributed by atoms with E-state index < -0.39 is 12.3 Å². The van der Waals surface area contributed by atoms with Gasteiger partial charge in [0.2, 0.25) is 0 Å². The smallest absolute Gasteiger partial charge is 0.477 e. The molecule has 1 aromatic rings. The lowest BCUT2D eigenvalue weighted by atomic mass is 9.78. The molecule has 4 aliphatic heterocycles. The maximum Gasteiger partial charge on any atom is 0.573 e. The minimum Gasteiger partial charge on any atom is -0.477 e. The number of carboxylic acid groups (broad SMARTS) is 1. The van der Waals surface area contributed by atoms with E-state index in [1.165, 1.54) is 23.9 Å². The molecule has 5 rings (SSSR count). The maximum atomic E-state index is 12.4. The number of halogens is 3. The molecule has 0 aromatic heterocycles. The molecule has 3 saturated heterocycles. The lowest BCUT2D eigenvalue weighted by molar-refractivity contribution is -0.274. The van der Waals surface area contributed by atoms with Gasteiger partial charge in [-0.1, -0.05) is 23.9 Å². The summed E-state index contributed by atoms with van der Waals surface area (Å²) in [5.41, 5.74) is 0.760. The zero-order chi connectivity index (χ0) is 20.1. The Hall–Kier alpha value is -1.87. The Balaban J connectivity index is 1.61. The first-order valence-corrected chi connectivity index (χ1v) is 10.1. The Morgan fingerprint density at radius 1 is 1.21 bits per heavy atom. The van der Waals surface area contributed by atoms with Crippen LogP contribution in [0.3, 0.4) is 0 Å². The topological polar surface area (TPSA) is 53.0 Å². The van der Waals surface area contributed by atoms with Crippen LogP contribution in [0.4, 0.5) is 13.2 Å². The summed E-state index contributed by atoms with van der Waals surface area (Å²) in [5, 5.41) is 9.21. The molecule has 4 aliphatic rings. The zero-order valence-corrected chi connectivity index (χ0v) is 16.0. The fraction of sp³-hybridized carbons (Fsp3) is 0.526. The van der Waals surface area contributed by atoms with E-state index in [0.717, 1.165) is 31.5 Å². The van der Waals surface area contributed by atoms with E-state index in [4.69, 9.17) is 0 Å². The molecule has 0 amide bonds. The first-order valence-electron chi connectivity index (χ1n) is 9.22. The van der Waals surface area contributed by atoms with Crippen molar-refractivity contribution in [1.29, 1.82) is 0 Å². The molecule has 0 radical (unpaired) electrons. The fourth-order valence-corrected chi connectivity index (χ4v) is 5.75. The monoisotopic (exact) mass is 414 g/mol. The molecule has 1 N–H and O–H groups in total. The second-order valence-electron chi connectivity index (χ2n) is 7.44. The largest absolute Gasteiger partial charge is 0.573 e. The fourth-order valence-electron chi connectivity index (χ4n) is 4.61. The minimum atomic E-state index is -4.74. The normalized spacial score (nSPS) is 32.4. The molecule has 0 aliphatic carbocycles. The van der Waals surface area contributed by atoms with Crippen molar-refractivity contribution in [3.63, 3.8) is 0 Å². The van der Waals surface area contributed by atoms with Crippen molar-refractivity contribution in [2.75, 3.05) is 13.1 Å². The van der Waals surface area contributed by atoms with E-state index in [-0.39, 0.29) is 22.1 Å². The average molecular weight is 414 g/mol. The summed E-state index contributed by atoms with van der Waals surface area (Å²) in [5.74, 6) is -0.780. The summed E-state index contributed by atoms with van der Waals surface area (Å²) in [6, 6.07) is 6.20. The van der Waals surface area contributed by atoms with Crippen molar-refractivity contribution < 1.29 is 27.8 Å². The third kappa shape index (κ3) is 3.69. The van der Waals surface area contributed by atoms with Crippen LogP contribution in [0.25, 0.3) is 0 Å². The van der Waals surface area contributed by atoms with E-state index in [0.29, 0.717) is 12.0 Å². The van der Waals surface area contributed by atoms with Crippen molar-refractivity contribution >= 4 is 17.7 Å². The van der Waals surface area contributed by atoms with Gasteiger partial charge in [-0.25, -0.2) is 4.79 Å². The first kappa shape index (κ1) is 19.4. The third-order valence-corrected chi connectivity index (χ3v) is 7.13. The molecule has 3 atom stereocenters. The van der Waals surface area contributed by atoms with Crippen LogP contribution in [-0.4, -0.2) is 52.4 Å². The first-order chi connectivity index (χ1) is 13.2. The number of carbonyl (C=O) groups is 1. The third-order valence-electron chi connectivity index (χ3n) is 5.86. The van der Waals surface area contributed by atoms with Crippen molar-refractivity contribution in [2.45, 2.75) is 43.6 Å². The quantitative estimate of drug-likeness (QED) is 0.803. The van der Waals surface area contributed by atoms with Gasteiger partial charge in [0.1, 0.15) is 16.0 Å². The summed E-state index contributed by atoms with van der Waals surface area (Å²) in [4.78, 5) is 16.4. The highest BCUT2D eigenvalue weighted by Gasteiger charge is 2.46. The van der Waals surface area contributed by atoms with Crippen LogP contribution in [0.1, 0.15) is 30.7 Å². The predicted molar refractivity (Wildman–Crippen MR) is 98.6 cm³/mol. The number of carboxylic acids is 1. The van der Waals surface area contributed by atoms with Crippen molar-refractivity contribution in [3.8, 4) is 5.75 Å². The Morgan fingerprint density at radius 2 is 1.86 bits per heavy atom. The summed E-state index contributed by atoms with van der Waals surface area (Å²) in [6.07, 6.45) is -0.866. The number of piperidine rings is 3. The van der Waals surface area contributed by atoms with E-state index in [1.807, 2.05) is 0 Å². The average Bonchev–Trinajstić information content (AvgIpc) is 3.07. The van der Waals surface area contributed by atoms with Gasteiger partial charge in [0.15, 0.2) is 0 Å². The summed E-state index contributed by atoms with van der Waals surface area (Å²) >= 11 is 1.23. The minimum absolute atomic E-state index is 0.183. The van der Waals surface area contributed by atoms with Crippen LogP contribution in [0.5, 0.6) is 5.75 Å². The van der Waals surface area contributed by atoms with Gasteiger partial charge < -0.3 is 14.7 Å². The number of hydrogen-bond donors (Lipinski definition) is 1. The number of ether oxygens (including phenoxy) is 1. The van der Waals surface area contributed by atoms with Gasteiger partial charge in [0.05, 0.1) is 0 Å². The van der Waals surface area contributed by atoms with E-state index in [2.05, 4.69) is 21.5 Å². The molecule has 3 fully saturated rings. The standard InChI is InChI=1S/C19H21F3N2O3S/c1-11-16(12-6-8-23(11)9-7-12)24-10-15(18(25)26)28-17(24)13-2-4-14(5-3-13)27-19(20,21)22/h2-5,10-12,16-17H,6-9H2,1H3,(H,25,26)/t11-,16-,17?/m0/s1. The highest BCUT2D eigenvalue weighted by molar-refractivity contribution is 8.04. The number of hydrogen-bond acceptors (Lipinski definition) is 5. The van der Waals surface area contributed by atoms with Crippen molar-refractivity contribution in [2.24, 2.45) is 5.92 Å². The lowest BCUT2D eigenvalue weighted by Gasteiger charge is -2.54. The highest BCUT2D eigenvalue weighted by atomic mass is 32.2. The summed E-state index contributed by atoms with van der Waals surface area (Å²) < 4.78 is 41.2. The predicted octanol–water partition coefficient (Wildman–Crippen LogP) is 4.04. The number of benzene rings is 1. The molecule has 2 bridgehead atoms. The van der Waals surface area contributed by atoms with Crippen LogP contribution < -0.4 is 4.74 Å². The lowest BCUT2D eigenvalue weighted by Crippen LogP contribution is -2.61. The molecule has 28 heavy (non-hydrogen) atoms. The second-order valence-corrected chi connectivity index (χ2v) is 8.56.